The van der Waals surface area contributed by atoms with Crippen LogP contribution >= 0.6 is 23.1 Å². The SMILES string of the molecule is COC(=O)c1c(-c2ccc(OC)cc2)csc1NC(=O)CSc1nnc(COc2ccc(OC)cc2)n1C. The van der Waals surface area contributed by atoms with Crippen LogP contribution in [0.2, 0.25) is 0 Å². The third-order valence-electron chi connectivity index (χ3n) is 5.52. The Labute approximate surface area is 227 Å². The maximum atomic E-state index is 12.8. The fraction of sp³-hybridized carbons (Fsp3) is 0.231. The van der Waals surface area contributed by atoms with Gasteiger partial charge in [0.25, 0.3) is 0 Å². The van der Waals surface area contributed by atoms with Crippen LogP contribution in [0.5, 0.6) is 17.2 Å². The lowest BCUT2D eigenvalue weighted by molar-refractivity contribution is -0.113. The number of hydrogen-bond donors (Lipinski definition) is 1. The van der Waals surface area contributed by atoms with E-state index >= 15 is 0 Å². The Morgan fingerprint density at radius 2 is 1.58 bits per heavy atom. The van der Waals surface area contributed by atoms with Crippen molar-refractivity contribution in [3.8, 4) is 28.4 Å². The maximum absolute atomic E-state index is 12.8. The van der Waals surface area contributed by atoms with Gasteiger partial charge in [0.1, 0.15) is 34.4 Å². The zero-order valence-corrected chi connectivity index (χ0v) is 22.9. The third-order valence-corrected chi connectivity index (χ3v) is 7.44. The normalized spacial score (nSPS) is 10.6. The molecule has 4 aromatic rings. The molecule has 12 heteroatoms. The van der Waals surface area contributed by atoms with E-state index in [1.54, 1.807) is 30.9 Å². The van der Waals surface area contributed by atoms with Gasteiger partial charge in [-0.15, -0.1) is 21.5 Å². The average molecular weight is 555 g/mol. The number of aromatic nitrogens is 3. The van der Waals surface area contributed by atoms with Crippen molar-refractivity contribution in [1.82, 2.24) is 14.8 Å². The molecule has 198 valence electrons. The number of ether oxygens (including phenoxy) is 4. The lowest BCUT2D eigenvalue weighted by Crippen LogP contribution is -2.16. The molecular weight excluding hydrogens is 528 g/mol. The number of hydrogen-bond acceptors (Lipinski definition) is 10. The molecule has 2 heterocycles. The molecule has 0 spiro atoms. The highest BCUT2D eigenvalue weighted by Gasteiger charge is 2.23. The maximum Gasteiger partial charge on any atom is 0.341 e. The highest BCUT2D eigenvalue weighted by Crippen LogP contribution is 2.37. The van der Waals surface area contributed by atoms with Crippen LogP contribution in [0.25, 0.3) is 11.1 Å². The molecule has 4 rings (SSSR count). The summed E-state index contributed by atoms with van der Waals surface area (Å²) in [5, 5.41) is 14.0. The number of esters is 1. The molecule has 0 aliphatic rings. The third kappa shape index (κ3) is 6.26. The first-order valence-corrected chi connectivity index (χ1v) is 13.2. The van der Waals surface area contributed by atoms with Gasteiger partial charge in [0.05, 0.1) is 27.1 Å². The minimum absolute atomic E-state index is 0.0711. The van der Waals surface area contributed by atoms with Crippen LogP contribution in [-0.2, 0) is 23.2 Å². The fourth-order valence-electron chi connectivity index (χ4n) is 3.45. The summed E-state index contributed by atoms with van der Waals surface area (Å²) in [6.07, 6.45) is 0. The number of carbonyl (C=O) groups is 2. The first-order valence-electron chi connectivity index (χ1n) is 11.4. The molecule has 1 N–H and O–H groups in total. The van der Waals surface area contributed by atoms with Gasteiger partial charge in [0, 0.05) is 18.0 Å². The monoisotopic (exact) mass is 554 g/mol. The summed E-state index contributed by atoms with van der Waals surface area (Å²) in [6, 6.07) is 14.5. The summed E-state index contributed by atoms with van der Waals surface area (Å²) < 4.78 is 22.9. The zero-order valence-electron chi connectivity index (χ0n) is 21.2. The number of anilines is 1. The van der Waals surface area contributed by atoms with Gasteiger partial charge in [-0.2, -0.15) is 0 Å². The molecular formula is C26H26N4O6S2. The molecule has 2 aromatic heterocycles. The molecule has 0 saturated carbocycles. The summed E-state index contributed by atoms with van der Waals surface area (Å²) in [6.45, 7) is 0.217. The molecule has 0 aliphatic carbocycles. The first kappa shape index (κ1) is 27.0. The van der Waals surface area contributed by atoms with Gasteiger partial charge in [0.15, 0.2) is 11.0 Å². The van der Waals surface area contributed by atoms with Crippen molar-refractivity contribution >= 4 is 40.0 Å². The van der Waals surface area contributed by atoms with Crippen LogP contribution in [0.4, 0.5) is 5.00 Å². The number of benzene rings is 2. The van der Waals surface area contributed by atoms with Crippen LogP contribution in [0.15, 0.2) is 59.1 Å². The summed E-state index contributed by atoms with van der Waals surface area (Å²) >= 11 is 2.49. The molecule has 38 heavy (non-hydrogen) atoms. The Balaban J connectivity index is 1.38. The van der Waals surface area contributed by atoms with Crippen molar-refractivity contribution in [1.29, 1.82) is 0 Å². The Morgan fingerprint density at radius 1 is 0.947 bits per heavy atom. The Bertz CT molecular complexity index is 1400. The Hall–Kier alpha value is -4.03. The summed E-state index contributed by atoms with van der Waals surface area (Å²) in [7, 11) is 6.31. The molecule has 0 saturated heterocycles. The predicted octanol–water partition coefficient (Wildman–Crippen LogP) is 4.66. The Morgan fingerprint density at radius 3 is 2.21 bits per heavy atom. The fourth-order valence-corrected chi connectivity index (χ4v) is 5.15. The first-order chi connectivity index (χ1) is 18.4. The van der Waals surface area contributed by atoms with E-state index in [4.69, 9.17) is 18.9 Å². The van der Waals surface area contributed by atoms with E-state index in [1.165, 1.54) is 30.2 Å². The quantitative estimate of drug-likeness (QED) is 0.209. The topological polar surface area (TPSA) is 114 Å². The van der Waals surface area contributed by atoms with E-state index in [0.717, 1.165) is 11.3 Å². The number of carbonyl (C=O) groups excluding carboxylic acids is 2. The zero-order chi connectivity index (χ0) is 27.1. The number of thioether (sulfide) groups is 1. The number of nitrogens with zero attached hydrogens (tertiary/aromatic N) is 3. The van der Waals surface area contributed by atoms with Crippen molar-refractivity contribution in [2.75, 3.05) is 32.4 Å². The molecule has 10 nitrogen and oxygen atoms in total. The number of nitrogens with one attached hydrogen (secondary N) is 1. The average Bonchev–Trinajstić information content (AvgIpc) is 3.53. The smallest absolute Gasteiger partial charge is 0.341 e. The standard InChI is InChI=1S/C26H26N4O6S2/c1-30-21(13-36-19-11-9-18(34-3)10-12-19)28-29-26(30)38-15-22(31)27-24-23(25(32)35-4)20(14-37-24)16-5-7-17(33-2)8-6-16/h5-12,14H,13,15H2,1-4H3,(H,27,31). The van der Waals surface area contributed by atoms with Gasteiger partial charge in [-0.3, -0.25) is 4.79 Å². The van der Waals surface area contributed by atoms with Crippen molar-refractivity contribution < 1.29 is 28.5 Å². The van der Waals surface area contributed by atoms with E-state index in [-0.39, 0.29) is 18.3 Å². The lowest BCUT2D eigenvalue weighted by atomic mass is 10.0. The van der Waals surface area contributed by atoms with Gasteiger partial charge in [-0.25, -0.2) is 4.79 Å². The van der Waals surface area contributed by atoms with Crippen molar-refractivity contribution in [2.45, 2.75) is 11.8 Å². The van der Waals surface area contributed by atoms with Crippen molar-refractivity contribution in [3.05, 3.63) is 65.3 Å². The highest BCUT2D eigenvalue weighted by atomic mass is 32.2. The van der Waals surface area contributed by atoms with Gasteiger partial charge >= 0.3 is 5.97 Å². The lowest BCUT2D eigenvalue weighted by Gasteiger charge is -2.09. The van der Waals surface area contributed by atoms with Gasteiger partial charge in [-0.05, 0) is 42.0 Å². The minimum atomic E-state index is -0.533. The number of thiophene rings is 1. The van der Waals surface area contributed by atoms with E-state index in [1.807, 2.05) is 48.8 Å². The van der Waals surface area contributed by atoms with Crippen LogP contribution in [0.1, 0.15) is 16.2 Å². The molecule has 0 unspecified atom stereocenters. The van der Waals surface area contributed by atoms with E-state index in [9.17, 15) is 9.59 Å². The molecule has 0 aliphatic heterocycles. The van der Waals surface area contributed by atoms with E-state index < -0.39 is 5.97 Å². The second-order valence-corrected chi connectivity index (χ2v) is 9.65. The molecule has 1 amide bonds. The number of amides is 1. The van der Waals surface area contributed by atoms with Crippen LogP contribution in [0, 0.1) is 0 Å². The summed E-state index contributed by atoms with van der Waals surface area (Å²) in [4.78, 5) is 25.4. The molecule has 0 bridgehead atoms. The largest absolute Gasteiger partial charge is 0.497 e. The summed E-state index contributed by atoms with van der Waals surface area (Å²) in [5.41, 5.74) is 1.78. The van der Waals surface area contributed by atoms with E-state index in [0.29, 0.717) is 38.6 Å². The van der Waals surface area contributed by atoms with Gasteiger partial charge in [-0.1, -0.05) is 23.9 Å². The van der Waals surface area contributed by atoms with Crippen LogP contribution < -0.4 is 19.5 Å². The number of methoxy groups -OCH3 is 3. The molecule has 0 atom stereocenters. The predicted molar refractivity (Wildman–Crippen MR) is 145 cm³/mol. The van der Waals surface area contributed by atoms with Crippen molar-refractivity contribution in [2.24, 2.45) is 7.05 Å². The minimum Gasteiger partial charge on any atom is -0.497 e. The second kappa shape index (κ2) is 12.5. The van der Waals surface area contributed by atoms with Gasteiger partial charge < -0.3 is 28.8 Å². The van der Waals surface area contributed by atoms with Gasteiger partial charge in [0.2, 0.25) is 5.91 Å². The summed E-state index contributed by atoms with van der Waals surface area (Å²) in [5.74, 6) is 1.98. The molecule has 0 fully saturated rings. The molecule has 0 radical (unpaired) electrons. The Kier molecular flexibility index (Phi) is 8.87. The molecule has 2 aromatic carbocycles. The van der Waals surface area contributed by atoms with Crippen molar-refractivity contribution in [3.63, 3.8) is 0 Å². The van der Waals surface area contributed by atoms with Crippen LogP contribution in [-0.4, -0.2) is 53.7 Å². The number of rotatable bonds is 11. The van der Waals surface area contributed by atoms with Crippen LogP contribution in [0.3, 0.4) is 0 Å². The second-order valence-electron chi connectivity index (χ2n) is 7.83. The highest BCUT2D eigenvalue weighted by molar-refractivity contribution is 7.99. The van der Waals surface area contributed by atoms with E-state index in [2.05, 4.69) is 15.5 Å².